The predicted octanol–water partition coefficient (Wildman–Crippen LogP) is 1.73. The van der Waals surface area contributed by atoms with Gasteiger partial charge in [-0.05, 0) is 37.5 Å². The Bertz CT molecular complexity index is 652. The molecule has 1 aliphatic rings. The van der Waals surface area contributed by atoms with Gasteiger partial charge >= 0.3 is 0 Å². The Morgan fingerprint density at radius 2 is 2.14 bits per heavy atom. The number of carbonyl (C=O) groups excluding carboxylic acids is 1. The number of aromatic nitrogens is 3. The van der Waals surface area contributed by atoms with Gasteiger partial charge < -0.3 is 11.1 Å². The molecular formula is C15H20ClN5O. The maximum absolute atomic E-state index is 12.3. The molecule has 0 bridgehead atoms. The van der Waals surface area contributed by atoms with Crippen molar-refractivity contribution in [2.75, 3.05) is 0 Å². The summed E-state index contributed by atoms with van der Waals surface area (Å²) < 4.78 is 1.89. The largest absolute Gasteiger partial charge is 0.342 e. The predicted molar refractivity (Wildman–Crippen MR) is 85.8 cm³/mol. The molecule has 0 saturated heterocycles. The molecule has 2 aromatic rings. The lowest BCUT2D eigenvalue weighted by molar-refractivity contribution is 0.0927. The van der Waals surface area contributed by atoms with Crippen molar-refractivity contribution in [2.24, 2.45) is 5.73 Å². The fourth-order valence-corrected chi connectivity index (χ4v) is 2.64. The first-order valence-electron chi connectivity index (χ1n) is 7.18. The number of halogens is 1. The van der Waals surface area contributed by atoms with E-state index in [9.17, 15) is 4.79 Å². The molecule has 2 heterocycles. The third-order valence-electron chi connectivity index (χ3n) is 3.74. The Balaban J connectivity index is 0.00000176. The second-order valence-corrected chi connectivity index (χ2v) is 5.31. The van der Waals surface area contributed by atoms with Crippen molar-refractivity contribution in [3.63, 3.8) is 0 Å². The molecule has 0 aliphatic carbocycles. The molecular weight excluding hydrogens is 302 g/mol. The minimum Gasteiger partial charge on any atom is -0.342 e. The zero-order valence-electron chi connectivity index (χ0n) is 12.5. The van der Waals surface area contributed by atoms with Gasteiger partial charge in [-0.15, -0.1) is 12.4 Å². The standard InChI is InChI=1S/C15H19N5O.ClH/c1-10-17-14-13(3-2-8-20(14)19-10)18-15(21)12-6-4-11(9-16)5-7-12;/h4-7,13H,2-3,8-9,16H2,1H3,(H,18,21);1H. The van der Waals surface area contributed by atoms with Gasteiger partial charge in [0, 0.05) is 18.7 Å². The smallest absolute Gasteiger partial charge is 0.251 e. The number of carbonyl (C=O) groups is 1. The molecule has 1 unspecified atom stereocenters. The number of aryl methyl sites for hydroxylation is 2. The summed E-state index contributed by atoms with van der Waals surface area (Å²) in [6.45, 7) is 3.22. The number of nitrogens with two attached hydrogens (primary N) is 1. The van der Waals surface area contributed by atoms with Crippen LogP contribution in [0.15, 0.2) is 24.3 Å². The summed E-state index contributed by atoms with van der Waals surface area (Å²) in [5, 5.41) is 7.39. The van der Waals surface area contributed by atoms with Crippen LogP contribution in [0.2, 0.25) is 0 Å². The Morgan fingerprint density at radius 3 is 2.82 bits per heavy atom. The van der Waals surface area contributed by atoms with E-state index in [1.54, 1.807) is 12.1 Å². The van der Waals surface area contributed by atoms with Crippen LogP contribution in [0.1, 0.15) is 46.5 Å². The van der Waals surface area contributed by atoms with Gasteiger partial charge in [0.1, 0.15) is 11.6 Å². The highest BCUT2D eigenvalue weighted by Crippen LogP contribution is 2.23. The van der Waals surface area contributed by atoms with E-state index in [1.807, 2.05) is 23.7 Å². The Kier molecular flexibility index (Phi) is 5.15. The Hall–Kier alpha value is -1.92. The summed E-state index contributed by atoms with van der Waals surface area (Å²) in [5.74, 6) is 1.52. The number of nitrogens with one attached hydrogen (secondary N) is 1. The van der Waals surface area contributed by atoms with E-state index in [4.69, 9.17) is 5.73 Å². The maximum Gasteiger partial charge on any atom is 0.251 e. The lowest BCUT2D eigenvalue weighted by Crippen LogP contribution is -2.33. The second kappa shape index (κ2) is 6.89. The highest BCUT2D eigenvalue weighted by molar-refractivity contribution is 5.94. The molecule has 0 saturated carbocycles. The first kappa shape index (κ1) is 16.5. The number of hydrogen-bond donors (Lipinski definition) is 2. The Labute approximate surface area is 135 Å². The van der Waals surface area contributed by atoms with Crippen LogP contribution in [-0.4, -0.2) is 20.7 Å². The lowest BCUT2D eigenvalue weighted by Gasteiger charge is -2.23. The monoisotopic (exact) mass is 321 g/mol. The third kappa shape index (κ3) is 3.28. The number of nitrogens with zero attached hydrogens (tertiary/aromatic N) is 3. The highest BCUT2D eigenvalue weighted by Gasteiger charge is 2.25. The molecule has 3 N–H and O–H groups in total. The van der Waals surface area contributed by atoms with Crippen molar-refractivity contribution < 1.29 is 4.79 Å². The van der Waals surface area contributed by atoms with E-state index in [-0.39, 0.29) is 24.4 Å². The quantitative estimate of drug-likeness (QED) is 0.901. The van der Waals surface area contributed by atoms with Crippen molar-refractivity contribution >= 4 is 18.3 Å². The number of rotatable bonds is 3. The van der Waals surface area contributed by atoms with Crippen LogP contribution >= 0.6 is 12.4 Å². The van der Waals surface area contributed by atoms with E-state index >= 15 is 0 Å². The Morgan fingerprint density at radius 1 is 1.41 bits per heavy atom. The van der Waals surface area contributed by atoms with Crippen LogP contribution in [0, 0.1) is 6.92 Å². The van der Waals surface area contributed by atoms with Crippen molar-refractivity contribution in [3.8, 4) is 0 Å². The van der Waals surface area contributed by atoms with E-state index < -0.39 is 0 Å². The summed E-state index contributed by atoms with van der Waals surface area (Å²) in [6, 6.07) is 7.29. The van der Waals surface area contributed by atoms with Gasteiger partial charge in [0.25, 0.3) is 5.91 Å². The van der Waals surface area contributed by atoms with Gasteiger partial charge in [-0.3, -0.25) is 4.79 Å². The SMILES string of the molecule is Cc1nc2n(n1)CCCC2NC(=O)c1ccc(CN)cc1.Cl. The van der Waals surface area contributed by atoms with Gasteiger partial charge in [0.05, 0.1) is 6.04 Å². The van der Waals surface area contributed by atoms with E-state index in [0.717, 1.165) is 36.6 Å². The molecule has 0 spiro atoms. The van der Waals surface area contributed by atoms with Gasteiger partial charge in [-0.25, -0.2) is 9.67 Å². The zero-order chi connectivity index (χ0) is 14.8. The maximum atomic E-state index is 12.3. The molecule has 0 fully saturated rings. The topological polar surface area (TPSA) is 85.8 Å². The second-order valence-electron chi connectivity index (χ2n) is 5.31. The lowest BCUT2D eigenvalue weighted by atomic mass is 10.1. The highest BCUT2D eigenvalue weighted by atomic mass is 35.5. The van der Waals surface area contributed by atoms with Crippen molar-refractivity contribution in [1.29, 1.82) is 0 Å². The molecule has 6 nitrogen and oxygen atoms in total. The van der Waals surface area contributed by atoms with Crippen molar-refractivity contribution in [2.45, 2.75) is 38.9 Å². The fraction of sp³-hybridized carbons (Fsp3) is 0.400. The number of fused-ring (bicyclic) bond motifs is 1. The van der Waals surface area contributed by atoms with Crippen molar-refractivity contribution in [1.82, 2.24) is 20.1 Å². The van der Waals surface area contributed by atoms with E-state index in [1.165, 1.54) is 0 Å². The average molecular weight is 322 g/mol. The van der Waals surface area contributed by atoms with Crippen LogP contribution in [0.25, 0.3) is 0 Å². The summed E-state index contributed by atoms with van der Waals surface area (Å²) in [7, 11) is 0. The number of amides is 1. The van der Waals surface area contributed by atoms with Crippen LogP contribution < -0.4 is 11.1 Å². The molecule has 22 heavy (non-hydrogen) atoms. The fourth-order valence-electron chi connectivity index (χ4n) is 2.64. The average Bonchev–Trinajstić information content (AvgIpc) is 2.88. The normalized spacial score (nSPS) is 16.5. The molecule has 1 aromatic heterocycles. The number of benzene rings is 1. The van der Waals surface area contributed by atoms with Crippen molar-refractivity contribution in [3.05, 3.63) is 47.0 Å². The first-order chi connectivity index (χ1) is 10.2. The minimum absolute atomic E-state index is 0. The summed E-state index contributed by atoms with van der Waals surface area (Å²) in [4.78, 5) is 16.8. The van der Waals surface area contributed by atoms with E-state index in [0.29, 0.717) is 12.1 Å². The van der Waals surface area contributed by atoms with Crippen LogP contribution in [0.4, 0.5) is 0 Å². The van der Waals surface area contributed by atoms with Crippen LogP contribution in [0.5, 0.6) is 0 Å². The molecule has 0 radical (unpaired) electrons. The number of hydrogen-bond acceptors (Lipinski definition) is 4. The molecule has 1 aliphatic heterocycles. The molecule has 118 valence electrons. The van der Waals surface area contributed by atoms with Crippen LogP contribution in [0.3, 0.4) is 0 Å². The summed E-state index contributed by atoms with van der Waals surface area (Å²) in [6.07, 6.45) is 1.89. The summed E-state index contributed by atoms with van der Waals surface area (Å²) >= 11 is 0. The summed E-state index contributed by atoms with van der Waals surface area (Å²) in [5.41, 5.74) is 7.22. The van der Waals surface area contributed by atoms with Gasteiger partial charge in [0.2, 0.25) is 0 Å². The molecule has 1 amide bonds. The molecule has 1 aromatic carbocycles. The first-order valence-corrected chi connectivity index (χ1v) is 7.18. The van der Waals surface area contributed by atoms with Gasteiger partial charge in [-0.1, -0.05) is 12.1 Å². The minimum atomic E-state index is -0.0855. The molecule has 3 rings (SSSR count). The third-order valence-corrected chi connectivity index (χ3v) is 3.74. The van der Waals surface area contributed by atoms with E-state index in [2.05, 4.69) is 15.4 Å². The van der Waals surface area contributed by atoms with Gasteiger partial charge in [0.15, 0.2) is 0 Å². The van der Waals surface area contributed by atoms with Crippen LogP contribution in [-0.2, 0) is 13.1 Å². The zero-order valence-corrected chi connectivity index (χ0v) is 13.3. The molecule has 7 heteroatoms. The van der Waals surface area contributed by atoms with Gasteiger partial charge in [-0.2, -0.15) is 5.10 Å². The molecule has 1 atom stereocenters.